The van der Waals surface area contributed by atoms with E-state index in [0.29, 0.717) is 6.04 Å². The van der Waals surface area contributed by atoms with Crippen LogP contribution in [0.4, 0.5) is 0 Å². The Balaban J connectivity index is 2.20. The molecule has 0 aromatic carbocycles. The normalized spacial score (nSPS) is 13.2. The topological polar surface area (TPSA) is 24.9 Å². The summed E-state index contributed by atoms with van der Waals surface area (Å²) >= 11 is 1.80. The first-order valence-electron chi connectivity index (χ1n) is 4.87. The van der Waals surface area contributed by atoms with Crippen molar-refractivity contribution in [3.8, 4) is 0 Å². The molecule has 0 bridgehead atoms. The van der Waals surface area contributed by atoms with Crippen LogP contribution in [0.1, 0.15) is 30.2 Å². The fourth-order valence-electron chi connectivity index (χ4n) is 1.09. The Labute approximate surface area is 84.4 Å². The number of aromatic nitrogens is 1. The average molecular weight is 198 g/mol. The summed E-state index contributed by atoms with van der Waals surface area (Å²) in [6.45, 7) is 7.56. The maximum atomic E-state index is 4.32. The molecule has 0 radical (unpaired) electrons. The first kappa shape index (κ1) is 10.7. The number of hydrogen-bond acceptors (Lipinski definition) is 3. The second-order valence-corrected chi connectivity index (χ2v) is 4.70. The molecule has 1 aromatic rings. The largest absolute Gasteiger partial charge is 0.314 e. The number of hydrogen-bond donors (Lipinski definition) is 1. The zero-order chi connectivity index (χ0) is 9.68. The summed E-state index contributed by atoms with van der Waals surface area (Å²) in [6.07, 6.45) is 4.20. The van der Waals surface area contributed by atoms with Crippen LogP contribution in [0.3, 0.4) is 0 Å². The van der Waals surface area contributed by atoms with Gasteiger partial charge < -0.3 is 5.32 Å². The molecule has 1 atom stereocenters. The first-order chi connectivity index (χ1) is 6.22. The Bertz CT molecular complexity index is 245. The maximum Gasteiger partial charge on any atom is 0.0940 e. The van der Waals surface area contributed by atoms with E-state index in [4.69, 9.17) is 0 Å². The minimum absolute atomic E-state index is 0.626. The number of rotatable bonds is 5. The van der Waals surface area contributed by atoms with Crippen molar-refractivity contribution < 1.29 is 0 Å². The van der Waals surface area contributed by atoms with Gasteiger partial charge in [-0.1, -0.05) is 6.92 Å². The van der Waals surface area contributed by atoms with Crippen molar-refractivity contribution in [1.29, 1.82) is 0 Å². The first-order valence-corrected chi connectivity index (χ1v) is 5.68. The van der Waals surface area contributed by atoms with Crippen LogP contribution in [0.15, 0.2) is 6.20 Å². The van der Waals surface area contributed by atoms with Gasteiger partial charge in [-0.25, -0.2) is 4.98 Å². The third kappa shape index (κ3) is 3.87. The molecule has 1 N–H and O–H groups in total. The van der Waals surface area contributed by atoms with Gasteiger partial charge in [0.1, 0.15) is 0 Å². The molecule has 0 spiro atoms. The molecule has 0 fully saturated rings. The molecule has 0 saturated heterocycles. The minimum atomic E-state index is 0.626. The van der Waals surface area contributed by atoms with E-state index in [9.17, 15) is 0 Å². The third-order valence-electron chi connectivity index (χ3n) is 2.11. The van der Waals surface area contributed by atoms with Crippen LogP contribution < -0.4 is 5.32 Å². The van der Waals surface area contributed by atoms with E-state index in [1.807, 2.05) is 6.20 Å². The summed E-state index contributed by atoms with van der Waals surface area (Å²) < 4.78 is 0. The van der Waals surface area contributed by atoms with Gasteiger partial charge in [0.05, 0.1) is 5.01 Å². The minimum Gasteiger partial charge on any atom is -0.314 e. The van der Waals surface area contributed by atoms with Crippen molar-refractivity contribution in [2.75, 3.05) is 6.54 Å². The Morgan fingerprint density at radius 2 is 2.38 bits per heavy atom. The molecule has 1 aromatic heterocycles. The van der Waals surface area contributed by atoms with E-state index in [1.165, 1.54) is 16.3 Å². The van der Waals surface area contributed by atoms with E-state index < -0.39 is 0 Å². The Hall–Kier alpha value is -0.410. The molecule has 0 saturated carbocycles. The lowest BCUT2D eigenvalue weighted by molar-refractivity contribution is 0.537. The molecule has 0 aliphatic carbocycles. The summed E-state index contributed by atoms with van der Waals surface area (Å²) in [5.41, 5.74) is 0. The molecule has 0 aliphatic heterocycles. The van der Waals surface area contributed by atoms with Crippen molar-refractivity contribution in [3.05, 3.63) is 16.1 Å². The van der Waals surface area contributed by atoms with E-state index in [2.05, 4.69) is 31.1 Å². The van der Waals surface area contributed by atoms with Crippen LogP contribution in [0.5, 0.6) is 0 Å². The van der Waals surface area contributed by atoms with Gasteiger partial charge in [-0.2, -0.15) is 0 Å². The van der Waals surface area contributed by atoms with E-state index in [-0.39, 0.29) is 0 Å². The molecule has 0 aliphatic rings. The van der Waals surface area contributed by atoms with Crippen molar-refractivity contribution in [3.63, 3.8) is 0 Å². The van der Waals surface area contributed by atoms with Crippen molar-refractivity contribution in [2.24, 2.45) is 0 Å². The Morgan fingerprint density at radius 1 is 1.62 bits per heavy atom. The molecule has 2 nitrogen and oxygen atoms in total. The summed E-state index contributed by atoms with van der Waals surface area (Å²) in [7, 11) is 0. The highest BCUT2D eigenvalue weighted by Gasteiger charge is 2.00. The van der Waals surface area contributed by atoms with Crippen LogP contribution in [-0.2, 0) is 6.42 Å². The van der Waals surface area contributed by atoms with Gasteiger partial charge in [0, 0.05) is 30.1 Å². The summed E-state index contributed by atoms with van der Waals surface area (Å²) in [5, 5.41) is 4.70. The molecule has 1 rings (SSSR count). The predicted molar refractivity (Wildman–Crippen MR) is 58.3 cm³/mol. The zero-order valence-corrected chi connectivity index (χ0v) is 9.45. The smallest absolute Gasteiger partial charge is 0.0940 e. The molecular weight excluding hydrogens is 180 g/mol. The molecule has 1 unspecified atom stereocenters. The molecule has 74 valence electrons. The van der Waals surface area contributed by atoms with Gasteiger partial charge in [-0.15, -0.1) is 11.3 Å². The quantitative estimate of drug-likeness (QED) is 0.785. The van der Waals surface area contributed by atoms with Gasteiger partial charge in [0.25, 0.3) is 0 Å². The van der Waals surface area contributed by atoms with Crippen molar-refractivity contribution >= 4 is 11.3 Å². The fourth-order valence-corrected chi connectivity index (χ4v) is 1.87. The highest BCUT2D eigenvalue weighted by Crippen LogP contribution is 2.10. The maximum absolute atomic E-state index is 4.32. The number of thiazole rings is 1. The highest BCUT2D eigenvalue weighted by molar-refractivity contribution is 7.11. The summed E-state index contributed by atoms with van der Waals surface area (Å²) in [4.78, 5) is 5.62. The third-order valence-corrected chi connectivity index (χ3v) is 3.09. The second-order valence-electron chi connectivity index (χ2n) is 3.38. The fraction of sp³-hybridized carbons (Fsp3) is 0.700. The van der Waals surface area contributed by atoms with Crippen LogP contribution in [0, 0.1) is 6.92 Å². The molecule has 1 heterocycles. The monoisotopic (exact) mass is 198 g/mol. The van der Waals surface area contributed by atoms with Crippen LogP contribution >= 0.6 is 11.3 Å². The molecule has 0 amide bonds. The van der Waals surface area contributed by atoms with Crippen LogP contribution in [0.25, 0.3) is 0 Å². The summed E-state index contributed by atoms with van der Waals surface area (Å²) in [6, 6.07) is 0.626. The molecular formula is C10H18N2S. The van der Waals surface area contributed by atoms with Gasteiger partial charge in [-0.05, 0) is 20.3 Å². The molecule has 13 heavy (non-hydrogen) atoms. The van der Waals surface area contributed by atoms with E-state index in [0.717, 1.165) is 13.0 Å². The lowest BCUT2D eigenvalue weighted by Crippen LogP contribution is -2.27. The van der Waals surface area contributed by atoms with Gasteiger partial charge >= 0.3 is 0 Å². The van der Waals surface area contributed by atoms with Gasteiger partial charge in [0.2, 0.25) is 0 Å². The Kier molecular flexibility index (Phi) is 4.39. The lowest BCUT2D eigenvalue weighted by Gasteiger charge is -2.09. The number of nitrogens with one attached hydrogen (secondary N) is 1. The number of aryl methyl sites for hydroxylation is 1. The van der Waals surface area contributed by atoms with Crippen LogP contribution in [0.2, 0.25) is 0 Å². The Morgan fingerprint density at radius 3 is 2.92 bits per heavy atom. The lowest BCUT2D eigenvalue weighted by atomic mass is 10.2. The SMILES string of the molecule is CCC(C)NCCc1ncc(C)s1. The second kappa shape index (κ2) is 5.35. The number of nitrogens with zero attached hydrogens (tertiary/aromatic N) is 1. The van der Waals surface area contributed by atoms with Gasteiger partial charge in [0.15, 0.2) is 0 Å². The predicted octanol–water partition coefficient (Wildman–Crippen LogP) is 2.38. The van der Waals surface area contributed by atoms with Gasteiger partial charge in [-0.3, -0.25) is 0 Å². The van der Waals surface area contributed by atoms with E-state index in [1.54, 1.807) is 11.3 Å². The highest BCUT2D eigenvalue weighted by atomic mass is 32.1. The molecule has 3 heteroatoms. The summed E-state index contributed by atoms with van der Waals surface area (Å²) in [5.74, 6) is 0. The van der Waals surface area contributed by atoms with Crippen molar-refractivity contribution in [2.45, 2.75) is 39.7 Å². The standard InChI is InChI=1S/C10H18N2S/c1-4-8(2)11-6-5-10-12-7-9(3)13-10/h7-8,11H,4-6H2,1-3H3. The average Bonchev–Trinajstić information content (AvgIpc) is 2.51. The van der Waals surface area contributed by atoms with Crippen molar-refractivity contribution in [1.82, 2.24) is 10.3 Å². The zero-order valence-electron chi connectivity index (χ0n) is 8.63. The van der Waals surface area contributed by atoms with Crippen LogP contribution in [-0.4, -0.2) is 17.6 Å². The van der Waals surface area contributed by atoms with E-state index >= 15 is 0 Å².